The predicted octanol–water partition coefficient (Wildman–Crippen LogP) is 3.69. The van der Waals surface area contributed by atoms with Gasteiger partial charge in [0.05, 0.1) is 4.92 Å². The molecule has 116 valence electrons. The summed E-state index contributed by atoms with van der Waals surface area (Å²) < 4.78 is 5.72. The van der Waals surface area contributed by atoms with Gasteiger partial charge in [0.2, 0.25) is 0 Å². The summed E-state index contributed by atoms with van der Waals surface area (Å²) in [6.07, 6.45) is 0.855. The first-order chi connectivity index (χ1) is 9.93. The van der Waals surface area contributed by atoms with Crippen molar-refractivity contribution in [2.75, 3.05) is 13.2 Å². The minimum absolute atomic E-state index is 0.0815. The Morgan fingerprint density at radius 2 is 2.19 bits per heavy atom. The molecule has 0 aromatic heterocycles. The number of nitrogens with zero attached hydrogens (tertiary/aromatic N) is 1. The van der Waals surface area contributed by atoms with Gasteiger partial charge in [0.15, 0.2) is 0 Å². The van der Waals surface area contributed by atoms with E-state index in [1.807, 2.05) is 6.92 Å². The Morgan fingerprint density at radius 3 is 2.76 bits per heavy atom. The molecule has 1 aromatic carbocycles. The maximum absolute atomic E-state index is 10.9. The van der Waals surface area contributed by atoms with E-state index in [1.165, 1.54) is 6.07 Å². The Balaban J connectivity index is 2.83. The number of nitro groups is 1. The number of rotatable bonds is 9. The number of non-ortho nitro benzene ring substituents is 1. The van der Waals surface area contributed by atoms with E-state index in [0.29, 0.717) is 24.8 Å². The zero-order valence-electron chi connectivity index (χ0n) is 13.0. The van der Waals surface area contributed by atoms with E-state index >= 15 is 0 Å². The van der Waals surface area contributed by atoms with Crippen molar-refractivity contribution in [2.45, 2.75) is 33.7 Å². The van der Waals surface area contributed by atoms with Crippen LogP contribution in [0.15, 0.2) is 30.4 Å². The molecule has 0 fully saturated rings. The number of benzene rings is 1. The SMILES string of the molecule is C=C(CC)COc1ccc([N+](=O)[O-])cc1CNCC(C)C. The molecular formula is C16H24N2O3. The van der Waals surface area contributed by atoms with Gasteiger partial charge in [-0.15, -0.1) is 0 Å². The van der Waals surface area contributed by atoms with E-state index in [4.69, 9.17) is 4.74 Å². The van der Waals surface area contributed by atoms with Crippen LogP contribution in [0.2, 0.25) is 0 Å². The highest BCUT2D eigenvalue weighted by atomic mass is 16.6. The number of nitrogens with one attached hydrogen (secondary N) is 1. The normalized spacial score (nSPS) is 10.7. The number of nitro benzene ring substituents is 1. The third kappa shape index (κ3) is 5.95. The van der Waals surface area contributed by atoms with Gasteiger partial charge in [0.25, 0.3) is 5.69 Å². The Bertz CT molecular complexity index is 498. The molecule has 0 bridgehead atoms. The van der Waals surface area contributed by atoms with Crippen LogP contribution in [0.25, 0.3) is 0 Å². The molecule has 1 N–H and O–H groups in total. The van der Waals surface area contributed by atoms with E-state index in [9.17, 15) is 10.1 Å². The molecule has 0 aliphatic heterocycles. The molecule has 0 saturated carbocycles. The smallest absolute Gasteiger partial charge is 0.270 e. The Kier molecular flexibility index (Phi) is 6.88. The van der Waals surface area contributed by atoms with Gasteiger partial charge in [-0.1, -0.05) is 27.4 Å². The average molecular weight is 292 g/mol. The Morgan fingerprint density at radius 1 is 1.48 bits per heavy atom. The molecule has 0 spiro atoms. The largest absolute Gasteiger partial charge is 0.489 e. The van der Waals surface area contributed by atoms with Crippen LogP contribution in [0, 0.1) is 16.0 Å². The lowest BCUT2D eigenvalue weighted by Gasteiger charge is -2.13. The molecule has 0 atom stereocenters. The van der Waals surface area contributed by atoms with E-state index in [0.717, 1.165) is 24.1 Å². The monoisotopic (exact) mass is 292 g/mol. The van der Waals surface area contributed by atoms with Gasteiger partial charge in [-0.2, -0.15) is 0 Å². The van der Waals surface area contributed by atoms with Gasteiger partial charge < -0.3 is 10.1 Å². The third-order valence-electron chi connectivity index (χ3n) is 3.05. The van der Waals surface area contributed by atoms with Crippen LogP contribution in [-0.4, -0.2) is 18.1 Å². The van der Waals surface area contributed by atoms with Gasteiger partial charge in [-0.3, -0.25) is 10.1 Å². The summed E-state index contributed by atoms with van der Waals surface area (Å²) >= 11 is 0. The second-order valence-corrected chi connectivity index (χ2v) is 5.47. The van der Waals surface area contributed by atoms with Crippen LogP contribution in [0.4, 0.5) is 5.69 Å². The van der Waals surface area contributed by atoms with Crippen molar-refractivity contribution in [1.82, 2.24) is 5.32 Å². The molecular weight excluding hydrogens is 268 g/mol. The molecule has 1 aromatic rings. The molecule has 5 nitrogen and oxygen atoms in total. The van der Waals surface area contributed by atoms with Crippen molar-refractivity contribution in [3.05, 3.63) is 46.0 Å². The number of hydrogen-bond donors (Lipinski definition) is 1. The van der Waals surface area contributed by atoms with Crippen molar-refractivity contribution in [2.24, 2.45) is 5.92 Å². The molecule has 0 unspecified atom stereocenters. The molecule has 5 heteroatoms. The molecule has 1 rings (SSSR count). The van der Waals surface area contributed by atoms with E-state index < -0.39 is 0 Å². The summed E-state index contributed by atoms with van der Waals surface area (Å²) in [4.78, 5) is 10.5. The topological polar surface area (TPSA) is 64.4 Å². The second-order valence-electron chi connectivity index (χ2n) is 5.47. The predicted molar refractivity (Wildman–Crippen MR) is 84.6 cm³/mol. The molecule has 21 heavy (non-hydrogen) atoms. The van der Waals surface area contributed by atoms with Gasteiger partial charge in [0.1, 0.15) is 12.4 Å². The zero-order chi connectivity index (χ0) is 15.8. The minimum Gasteiger partial charge on any atom is -0.489 e. The highest BCUT2D eigenvalue weighted by Gasteiger charge is 2.12. The fourth-order valence-corrected chi connectivity index (χ4v) is 1.74. The van der Waals surface area contributed by atoms with E-state index in [1.54, 1.807) is 12.1 Å². The van der Waals surface area contributed by atoms with Crippen LogP contribution in [0.5, 0.6) is 5.75 Å². The van der Waals surface area contributed by atoms with Crippen LogP contribution < -0.4 is 10.1 Å². The minimum atomic E-state index is -0.388. The lowest BCUT2D eigenvalue weighted by atomic mass is 10.1. The maximum atomic E-state index is 10.9. The van der Waals surface area contributed by atoms with Gasteiger partial charge in [-0.25, -0.2) is 0 Å². The van der Waals surface area contributed by atoms with Crippen molar-refractivity contribution in [3.8, 4) is 5.75 Å². The van der Waals surface area contributed by atoms with Crippen LogP contribution in [0.1, 0.15) is 32.8 Å². The summed E-state index contributed by atoms with van der Waals surface area (Å²) in [5.74, 6) is 1.19. The second kappa shape index (κ2) is 8.42. The van der Waals surface area contributed by atoms with Crippen molar-refractivity contribution in [3.63, 3.8) is 0 Å². The van der Waals surface area contributed by atoms with Gasteiger partial charge in [0, 0.05) is 24.2 Å². The standard InChI is InChI=1S/C16H24N2O3/c1-5-13(4)11-21-16-7-6-15(18(19)20)8-14(16)10-17-9-12(2)3/h6-8,12,17H,4-5,9-11H2,1-3H3. The Hall–Kier alpha value is -1.88. The van der Waals surface area contributed by atoms with Crippen LogP contribution >= 0.6 is 0 Å². The highest BCUT2D eigenvalue weighted by Crippen LogP contribution is 2.24. The first kappa shape index (κ1) is 17.2. The van der Waals surface area contributed by atoms with Crippen LogP contribution in [-0.2, 0) is 6.54 Å². The molecule has 0 amide bonds. The summed E-state index contributed by atoms with van der Waals surface area (Å²) in [7, 11) is 0. The average Bonchev–Trinajstić information content (AvgIpc) is 2.44. The van der Waals surface area contributed by atoms with Crippen LogP contribution in [0.3, 0.4) is 0 Å². The van der Waals surface area contributed by atoms with Gasteiger partial charge in [-0.05, 0) is 30.5 Å². The Labute approximate surface area is 126 Å². The quantitative estimate of drug-likeness (QED) is 0.428. The molecule has 0 aliphatic carbocycles. The number of hydrogen-bond acceptors (Lipinski definition) is 4. The first-order valence-electron chi connectivity index (χ1n) is 7.21. The molecule has 0 aliphatic rings. The van der Waals surface area contributed by atoms with Crippen molar-refractivity contribution in [1.29, 1.82) is 0 Å². The highest BCUT2D eigenvalue weighted by molar-refractivity contribution is 5.44. The molecule has 0 radical (unpaired) electrons. The van der Waals surface area contributed by atoms with E-state index in [2.05, 4.69) is 25.7 Å². The fourth-order valence-electron chi connectivity index (χ4n) is 1.74. The summed E-state index contributed by atoms with van der Waals surface area (Å²) in [5, 5.41) is 14.2. The number of ether oxygens (including phenoxy) is 1. The van der Waals surface area contributed by atoms with E-state index in [-0.39, 0.29) is 10.6 Å². The summed E-state index contributed by atoms with van der Waals surface area (Å²) in [6.45, 7) is 12.0. The summed E-state index contributed by atoms with van der Waals surface area (Å²) in [5.41, 5.74) is 1.88. The third-order valence-corrected chi connectivity index (χ3v) is 3.05. The first-order valence-corrected chi connectivity index (χ1v) is 7.21. The molecule has 0 heterocycles. The summed E-state index contributed by atoms with van der Waals surface area (Å²) in [6, 6.07) is 4.70. The van der Waals surface area contributed by atoms with Crippen molar-refractivity contribution < 1.29 is 9.66 Å². The zero-order valence-corrected chi connectivity index (χ0v) is 13.0. The molecule has 0 saturated heterocycles. The fraction of sp³-hybridized carbons (Fsp3) is 0.500. The maximum Gasteiger partial charge on any atom is 0.270 e. The lowest BCUT2D eigenvalue weighted by Crippen LogP contribution is -2.19. The van der Waals surface area contributed by atoms with Crippen molar-refractivity contribution >= 4 is 5.69 Å². The lowest BCUT2D eigenvalue weighted by molar-refractivity contribution is -0.384. The van der Waals surface area contributed by atoms with Gasteiger partial charge >= 0.3 is 0 Å².